The lowest BCUT2D eigenvalue weighted by molar-refractivity contribution is 0.471. The first-order valence-corrected chi connectivity index (χ1v) is 5.08. The molecule has 0 amide bonds. The van der Waals surface area contributed by atoms with E-state index in [0.717, 1.165) is 0 Å². The number of nitriles is 1. The molecule has 0 aliphatic heterocycles. The van der Waals surface area contributed by atoms with Crippen LogP contribution < -0.4 is 0 Å². The molecule has 4 nitrogen and oxygen atoms in total. The van der Waals surface area contributed by atoms with E-state index < -0.39 is 5.82 Å². The Labute approximate surface area is 103 Å². The molecule has 0 atom stereocenters. The number of aromatic nitrogens is 1. The number of hydrogen-bond acceptors (Lipinski definition) is 4. The van der Waals surface area contributed by atoms with Crippen molar-refractivity contribution in [2.75, 3.05) is 0 Å². The number of hydrogen-bond donors (Lipinski definition) is 1. The normalized spacial score (nSPS) is 11.0. The third-order valence-corrected chi connectivity index (χ3v) is 2.21. The fourth-order valence-corrected chi connectivity index (χ4v) is 1.41. The van der Waals surface area contributed by atoms with Crippen LogP contribution in [0.3, 0.4) is 0 Å². The number of halogens is 1. The van der Waals surface area contributed by atoms with E-state index in [1.165, 1.54) is 36.7 Å². The summed E-state index contributed by atoms with van der Waals surface area (Å²) in [6.45, 7) is 0. The van der Waals surface area contributed by atoms with Crippen molar-refractivity contribution in [2.24, 2.45) is 4.99 Å². The molecule has 0 aliphatic rings. The Bertz CT molecular complexity index is 647. The van der Waals surface area contributed by atoms with Crippen LogP contribution in [0.4, 0.5) is 10.1 Å². The van der Waals surface area contributed by atoms with Gasteiger partial charge in [-0.05, 0) is 24.3 Å². The van der Waals surface area contributed by atoms with Crippen LogP contribution >= 0.6 is 0 Å². The van der Waals surface area contributed by atoms with Gasteiger partial charge in [-0.2, -0.15) is 5.26 Å². The van der Waals surface area contributed by atoms with E-state index in [2.05, 4.69) is 9.98 Å². The van der Waals surface area contributed by atoms with Crippen molar-refractivity contribution in [1.82, 2.24) is 4.98 Å². The zero-order valence-electron chi connectivity index (χ0n) is 9.21. The molecule has 0 unspecified atom stereocenters. The molecule has 0 radical (unpaired) electrons. The molecular formula is C13H8FN3O. The van der Waals surface area contributed by atoms with E-state index in [4.69, 9.17) is 5.26 Å². The van der Waals surface area contributed by atoms with Crippen molar-refractivity contribution in [3.05, 3.63) is 54.1 Å². The van der Waals surface area contributed by atoms with Crippen molar-refractivity contribution in [2.45, 2.75) is 0 Å². The maximum Gasteiger partial charge on any atom is 0.152 e. The van der Waals surface area contributed by atoms with Gasteiger partial charge in [0.1, 0.15) is 17.6 Å². The minimum Gasteiger partial charge on any atom is -0.506 e. The number of rotatable bonds is 2. The standard InChI is InChI=1S/C13H8FN3O/c14-9-2-1-3-10(6-9)17-12(7-15)11-4-5-16-8-13(11)18/h1-6,8,18H. The maximum atomic E-state index is 13.0. The maximum absolute atomic E-state index is 13.0. The molecule has 1 heterocycles. The lowest BCUT2D eigenvalue weighted by Crippen LogP contribution is -1.97. The van der Waals surface area contributed by atoms with Gasteiger partial charge < -0.3 is 5.11 Å². The van der Waals surface area contributed by atoms with Crippen LogP contribution in [0.1, 0.15) is 5.56 Å². The van der Waals surface area contributed by atoms with Crippen molar-refractivity contribution in [3.63, 3.8) is 0 Å². The van der Waals surface area contributed by atoms with Gasteiger partial charge in [0.15, 0.2) is 5.71 Å². The highest BCUT2D eigenvalue weighted by atomic mass is 19.1. The summed E-state index contributed by atoms with van der Waals surface area (Å²) >= 11 is 0. The second-order valence-corrected chi connectivity index (χ2v) is 3.44. The van der Waals surface area contributed by atoms with Crippen molar-refractivity contribution in [1.29, 1.82) is 5.26 Å². The van der Waals surface area contributed by atoms with Crippen molar-refractivity contribution >= 4 is 11.4 Å². The lowest BCUT2D eigenvalue weighted by atomic mass is 10.1. The van der Waals surface area contributed by atoms with Crippen molar-refractivity contribution < 1.29 is 9.50 Å². The Morgan fingerprint density at radius 2 is 2.22 bits per heavy atom. The van der Waals surface area contributed by atoms with E-state index >= 15 is 0 Å². The fourth-order valence-electron chi connectivity index (χ4n) is 1.41. The molecule has 0 aliphatic carbocycles. The molecule has 2 aromatic rings. The van der Waals surface area contributed by atoms with Crippen LogP contribution in [-0.4, -0.2) is 15.8 Å². The molecule has 88 valence electrons. The second kappa shape index (κ2) is 5.06. The highest BCUT2D eigenvalue weighted by molar-refractivity contribution is 6.14. The molecule has 0 saturated heterocycles. The van der Waals surface area contributed by atoms with Gasteiger partial charge in [0.25, 0.3) is 0 Å². The number of pyridine rings is 1. The number of aliphatic imine (C=N–C) groups is 1. The molecule has 18 heavy (non-hydrogen) atoms. The Kier molecular flexibility index (Phi) is 3.30. The Morgan fingerprint density at radius 1 is 1.39 bits per heavy atom. The van der Waals surface area contributed by atoms with Crippen LogP contribution in [0, 0.1) is 17.1 Å². The summed E-state index contributed by atoms with van der Waals surface area (Å²) in [5, 5.41) is 18.6. The largest absolute Gasteiger partial charge is 0.506 e. The fraction of sp³-hybridized carbons (Fsp3) is 0. The number of nitrogens with zero attached hydrogens (tertiary/aromatic N) is 3. The first kappa shape index (κ1) is 11.7. The second-order valence-electron chi connectivity index (χ2n) is 3.44. The Hall–Kier alpha value is -2.74. The molecule has 0 saturated carbocycles. The molecule has 0 fully saturated rings. The van der Waals surface area contributed by atoms with E-state index in [1.54, 1.807) is 6.07 Å². The summed E-state index contributed by atoms with van der Waals surface area (Å²) in [5.41, 5.74) is 0.569. The summed E-state index contributed by atoms with van der Waals surface area (Å²) in [6.07, 6.45) is 2.65. The van der Waals surface area contributed by atoms with Gasteiger partial charge in [-0.15, -0.1) is 0 Å². The smallest absolute Gasteiger partial charge is 0.152 e. The summed E-state index contributed by atoms with van der Waals surface area (Å²) in [6, 6.07) is 8.89. The predicted octanol–water partition coefficient (Wildman–Crippen LogP) is 2.57. The molecule has 2 rings (SSSR count). The van der Waals surface area contributed by atoms with Gasteiger partial charge in [0.2, 0.25) is 0 Å². The first-order valence-electron chi connectivity index (χ1n) is 5.08. The summed E-state index contributed by atoms with van der Waals surface area (Å²) in [4.78, 5) is 7.71. The third-order valence-electron chi connectivity index (χ3n) is 2.21. The quantitative estimate of drug-likeness (QED) is 0.821. The molecule has 5 heteroatoms. The number of aromatic hydroxyl groups is 1. The van der Waals surface area contributed by atoms with Crippen LogP contribution in [0.5, 0.6) is 5.75 Å². The highest BCUT2D eigenvalue weighted by Gasteiger charge is 2.08. The monoisotopic (exact) mass is 241 g/mol. The topological polar surface area (TPSA) is 69.3 Å². The Balaban J connectivity index is 2.48. The summed E-state index contributed by atoms with van der Waals surface area (Å²) in [7, 11) is 0. The van der Waals surface area contributed by atoms with Crippen LogP contribution in [0.2, 0.25) is 0 Å². The average molecular weight is 241 g/mol. The molecule has 0 bridgehead atoms. The Morgan fingerprint density at radius 3 is 2.89 bits per heavy atom. The zero-order chi connectivity index (χ0) is 13.0. The predicted molar refractivity (Wildman–Crippen MR) is 64.1 cm³/mol. The lowest BCUT2D eigenvalue weighted by Gasteiger charge is -2.01. The van der Waals surface area contributed by atoms with Crippen LogP contribution in [-0.2, 0) is 0 Å². The average Bonchev–Trinajstić information content (AvgIpc) is 2.37. The van der Waals surface area contributed by atoms with E-state index in [1.807, 2.05) is 6.07 Å². The minimum absolute atomic E-state index is 0.000463. The van der Waals surface area contributed by atoms with Crippen molar-refractivity contribution in [3.8, 4) is 11.8 Å². The molecule has 1 aromatic heterocycles. The molecule has 1 aromatic carbocycles. The van der Waals surface area contributed by atoms with Gasteiger partial charge >= 0.3 is 0 Å². The third kappa shape index (κ3) is 2.50. The van der Waals surface area contributed by atoms with E-state index in [-0.39, 0.29) is 17.0 Å². The number of benzene rings is 1. The summed E-state index contributed by atoms with van der Waals surface area (Å²) < 4.78 is 13.0. The highest BCUT2D eigenvalue weighted by Crippen LogP contribution is 2.19. The van der Waals surface area contributed by atoms with Crippen LogP contribution in [0.15, 0.2) is 47.7 Å². The van der Waals surface area contributed by atoms with Gasteiger partial charge in [-0.1, -0.05) is 6.07 Å². The summed E-state index contributed by atoms with van der Waals surface area (Å²) in [5.74, 6) is -0.582. The van der Waals surface area contributed by atoms with Gasteiger partial charge in [0, 0.05) is 6.20 Å². The molecule has 0 spiro atoms. The van der Waals surface area contributed by atoms with Gasteiger partial charge in [0.05, 0.1) is 17.4 Å². The minimum atomic E-state index is -0.438. The van der Waals surface area contributed by atoms with Gasteiger partial charge in [-0.25, -0.2) is 9.38 Å². The van der Waals surface area contributed by atoms with E-state index in [9.17, 15) is 9.50 Å². The first-order chi connectivity index (χ1) is 8.70. The van der Waals surface area contributed by atoms with E-state index in [0.29, 0.717) is 5.69 Å². The SMILES string of the molecule is N#CC(=Nc1cccc(F)c1)c1ccncc1O. The van der Waals surface area contributed by atoms with Gasteiger partial charge in [-0.3, -0.25) is 4.98 Å². The zero-order valence-corrected chi connectivity index (χ0v) is 9.21. The van der Waals surface area contributed by atoms with Crippen LogP contribution in [0.25, 0.3) is 0 Å². The molecular weight excluding hydrogens is 233 g/mol. The molecule has 1 N–H and O–H groups in total.